The normalized spacial score (nSPS) is 49.1. The van der Waals surface area contributed by atoms with Gasteiger partial charge in [-0.1, -0.05) is 5.57 Å². The van der Waals surface area contributed by atoms with Crippen LogP contribution >= 0.6 is 0 Å². The number of aliphatic hydroxyl groups excluding tert-OH is 2. The molecule has 0 aliphatic heterocycles. The highest BCUT2D eigenvalue weighted by Gasteiger charge is 2.57. The van der Waals surface area contributed by atoms with Gasteiger partial charge >= 0.3 is 0 Å². The summed E-state index contributed by atoms with van der Waals surface area (Å²) in [5, 5.41) is 20.4. The lowest BCUT2D eigenvalue weighted by Crippen LogP contribution is -2.50. The second-order valence-electron chi connectivity index (χ2n) is 7.83. The molecule has 6 atom stereocenters. The fourth-order valence-electron chi connectivity index (χ4n) is 6.27. The predicted octanol–water partition coefficient (Wildman–Crippen LogP) is 2.46. The van der Waals surface area contributed by atoms with Crippen molar-refractivity contribution in [2.75, 3.05) is 6.61 Å². The molecular formula is C18H26O3. The fourth-order valence-corrected chi connectivity index (χ4v) is 6.27. The zero-order valence-corrected chi connectivity index (χ0v) is 12.6. The molecule has 4 aliphatic rings. The number of ketones is 1. The molecule has 4 aliphatic carbocycles. The van der Waals surface area contributed by atoms with Crippen LogP contribution in [0.3, 0.4) is 0 Å². The summed E-state index contributed by atoms with van der Waals surface area (Å²) in [6.07, 6.45) is 9.62. The van der Waals surface area contributed by atoms with Gasteiger partial charge < -0.3 is 10.2 Å². The summed E-state index contributed by atoms with van der Waals surface area (Å²) in [4.78, 5) is 11.7. The van der Waals surface area contributed by atoms with Crippen LogP contribution in [-0.2, 0) is 4.79 Å². The molecule has 0 amide bonds. The van der Waals surface area contributed by atoms with E-state index in [9.17, 15) is 15.0 Å². The second-order valence-corrected chi connectivity index (χ2v) is 7.83. The highest BCUT2D eigenvalue weighted by atomic mass is 16.3. The molecule has 3 nitrogen and oxygen atoms in total. The Kier molecular flexibility index (Phi) is 3.27. The Morgan fingerprint density at radius 1 is 1.10 bits per heavy atom. The first-order valence-corrected chi connectivity index (χ1v) is 8.68. The molecule has 0 aromatic heterocycles. The van der Waals surface area contributed by atoms with Gasteiger partial charge in [-0.2, -0.15) is 0 Å². The number of rotatable bonds is 1. The average Bonchev–Trinajstić information content (AvgIpc) is 2.84. The number of carbonyl (C=O) groups is 1. The zero-order chi connectivity index (χ0) is 14.6. The maximum Gasteiger partial charge on any atom is 0.155 e. The predicted molar refractivity (Wildman–Crippen MR) is 79.5 cm³/mol. The topological polar surface area (TPSA) is 57.5 Å². The summed E-state index contributed by atoms with van der Waals surface area (Å²) < 4.78 is 0. The third kappa shape index (κ3) is 1.90. The summed E-state index contributed by atoms with van der Waals surface area (Å²) in [5.74, 6) is 2.76. The summed E-state index contributed by atoms with van der Waals surface area (Å²) >= 11 is 0. The van der Waals surface area contributed by atoms with E-state index >= 15 is 0 Å². The van der Waals surface area contributed by atoms with Gasteiger partial charge in [0.2, 0.25) is 0 Å². The van der Waals surface area contributed by atoms with E-state index in [-0.39, 0.29) is 18.1 Å². The average molecular weight is 290 g/mol. The maximum absolute atomic E-state index is 11.7. The van der Waals surface area contributed by atoms with Crippen LogP contribution in [-0.4, -0.2) is 28.7 Å². The minimum atomic E-state index is -0.307. The molecule has 3 heteroatoms. The van der Waals surface area contributed by atoms with Crippen LogP contribution in [0, 0.1) is 29.1 Å². The van der Waals surface area contributed by atoms with Crippen LogP contribution < -0.4 is 0 Å². The standard InChI is InChI=1S/C18H26O3/c19-10-18-8-7-14-13-4-2-12(20)9-11(13)1-3-15(14)16(18)5-6-17(18)21/h9,13-17,19,21H,1-8,10H2/t13?,14?,15?,16?,17-,18+/m0/s1. The Morgan fingerprint density at radius 3 is 2.76 bits per heavy atom. The molecule has 3 saturated carbocycles. The van der Waals surface area contributed by atoms with E-state index in [1.807, 2.05) is 6.08 Å². The molecule has 0 saturated heterocycles. The van der Waals surface area contributed by atoms with E-state index in [0.29, 0.717) is 29.5 Å². The highest BCUT2D eigenvalue weighted by molar-refractivity contribution is 5.91. The van der Waals surface area contributed by atoms with Crippen molar-refractivity contribution in [2.24, 2.45) is 29.1 Å². The molecule has 0 aromatic rings. The number of allylic oxidation sites excluding steroid dienone is 1. The zero-order valence-electron chi connectivity index (χ0n) is 12.6. The van der Waals surface area contributed by atoms with Crippen molar-refractivity contribution < 1.29 is 15.0 Å². The van der Waals surface area contributed by atoms with Gasteiger partial charge in [0.1, 0.15) is 0 Å². The third-order valence-electron chi connectivity index (χ3n) is 7.27. The third-order valence-corrected chi connectivity index (χ3v) is 7.27. The quantitative estimate of drug-likeness (QED) is 0.780. The molecule has 0 radical (unpaired) electrons. The molecule has 4 unspecified atom stereocenters. The van der Waals surface area contributed by atoms with Gasteiger partial charge in [-0.25, -0.2) is 0 Å². The molecule has 0 heterocycles. The summed E-state index contributed by atoms with van der Waals surface area (Å²) in [5.41, 5.74) is 1.19. The van der Waals surface area contributed by atoms with E-state index in [1.54, 1.807) is 0 Å². The Morgan fingerprint density at radius 2 is 1.95 bits per heavy atom. The van der Waals surface area contributed by atoms with Crippen LogP contribution in [0.1, 0.15) is 51.4 Å². The summed E-state index contributed by atoms with van der Waals surface area (Å²) in [6.45, 7) is 0.147. The number of hydrogen-bond acceptors (Lipinski definition) is 3. The van der Waals surface area contributed by atoms with E-state index in [2.05, 4.69) is 0 Å². The van der Waals surface area contributed by atoms with Gasteiger partial charge in [0.05, 0.1) is 12.7 Å². The largest absolute Gasteiger partial charge is 0.396 e. The van der Waals surface area contributed by atoms with Crippen molar-refractivity contribution in [1.82, 2.24) is 0 Å². The van der Waals surface area contributed by atoms with Crippen LogP contribution in [0.4, 0.5) is 0 Å². The van der Waals surface area contributed by atoms with Gasteiger partial charge in [-0.3, -0.25) is 4.79 Å². The number of aliphatic hydroxyl groups is 2. The lowest BCUT2D eigenvalue weighted by molar-refractivity contribution is -0.116. The van der Waals surface area contributed by atoms with E-state index in [4.69, 9.17) is 0 Å². The first-order chi connectivity index (χ1) is 10.2. The van der Waals surface area contributed by atoms with Crippen molar-refractivity contribution in [3.63, 3.8) is 0 Å². The molecule has 21 heavy (non-hydrogen) atoms. The van der Waals surface area contributed by atoms with Crippen LogP contribution in [0.15, 0.2) is 11.6 Å². The maximum atomic E-state index is 11.7. The van der Waals surface area contributed by atoms with Crippen molar-refractivity contribution in [3.8, 4) is 0 Å². The van der Waals surface area contributed by atoms with E-state index < -0.39 is 0 Å². The van der Waals surface area contributed by atoms with Crippen molar-refractivity contribution in [2.45, 2.75) is 57.5 Å². The van der Waals surface area contributed by atoms with Gasteiger partial charge in [-0.15, -0.1) is 0 Å². The smallest absolute Gasteiger partial charge is 0.155 e. The van der Waals surface area contributed by atoms with Crippen LogP contribution in [0.2, 0.25) is 0 Å². The Labute approximate surface area is 126 Å². The second kappa shape index (κ2) is 4.92. The highest BCUT2D eigenvalue weighted by Crippen LogP contribution is 2.61. The van der Waals surface area contributed by atoms with Gasteiger partial charge in [0.15, 0.2) is 5.78 Å². The van der Waals surface area contributed by atoms with Crippen molar-refractivity contribution in [1.29, 1.82) is 0 Å². The molecule has 3 fully saturated rings. The van der Waals surface area contributed by atoms with Gasteiger partial charge in [-0.05, 0) is 74.7 Å². The minimum Gasteiger partial charge on any atom is -0.396 e. The molecule has 0 aromatic carbocycles. The summed E-state index contributed by atoms with van der Waals surface area (Å²) in [6, 6.07) is 0. The Bertz CT molecular complexity index is 483. The number of fused-ring (bicyclic) bond motifs is 5. The lowest BCUT2D eigenvalue weighted by Gasteiger charge is -2.53. The van der Waals surface area contributed by atoms with E-state index in [1.165, 1.54) is 5.57 Å². The molecule has 2 N–H and O–H groups in total. The van der Waals surface area contributed by atoms with Crippen LogP contribution in [0.25, 0.3) is 0 Å². The first kappa shape index (κ1) is 14.0. The molecule has 0 spiro atoms. The van der Waals surface area contributed by atoms with Gasteiger partial charge in [0, 0.05) is 11.8 Å². The summed E-state index contributed by atoms with van der Waals surface area (Å²) in [7, 11) is 0. The Hall–Kier alpha value is -0.670. The monoisotopic (exact) mass is 290 g/mol. The molecule has 4 rings (SSSR count). The SMILES string of the molecule is O=C1C=C2CCC3C(CC[C@@]4(CO)C3CC[C@@H]4O)C2CC1. The first-order valence-electron chi connectivity index (χ1n) is 8.68. The Balaban J connectivity index is 1.64. The van der Waals surface area contributed by atoms with Crippen molar-refractivity contribution in [3.05, 3.63) is 11.6 Å². The van der Waals surface area contributed by atoms with Crippen molar-refractivity contribution >= 4 is 5.78 Å². The number of carbonyl (C=O) groups excluding carboxylic acids is 1. The van der Waals surface area contributed by atoms with Crippen LogP contribution in [0.5, 0.6) is 0 Å². The number of hydrogen-bond donors (Lipinski definition) is 2. The fraction of sp³-hybridized carbons (Fsp3) is 0.833. The minimum absolute atomic E-state index is 0.147. The molecule has 116 valence electrons. The molecule has 0 bridgehead atoms. The lowest BCUT2D eigenvalue weighted by atomic mass is 9.52. The molecular weight excluding hydrogens is 264 g/mol. The van der Waals surface area contributed by atoms with E-state index in [0.717, 1.165) is 51.4 Å². The van der Waals surface area contributed by atoms with Gasteiger partial charge in [0.25, 0.3) is 0 Å².